The van der Waals surface area contributed by atoms with Crippen molar-refractivity contribution in [3.8, 4) is 0 Å². The molecule has 1 heterocycles. The average Bonchev–Trinajstić information content (AvgIpc) is 3.29. The molecule has 3 aliphatic rings. The molecule has 2 fully saturated rings. The quantitative estimate of drug-likeness (QED) is 0.670. The van der Waals surface area contributed by atoms with Gasteiger partial charge in [0, 0.05) is 10.9 Å². The molecule has 2 saturated carbocycles. The zero-order chi connectivity index (χ0) is 20.4. The molecule has 7 heteroatoms. The molecule has 0 spiro atoms. The Morgan fingerprint density at radius 1 is 0.862 bits per heavy atom. The molecule has 0 aliphatic heterocycles. The fourth-order valence-corrected chi connectivity index (χ4v) is 6.47. The molecule has 29 heavy (non-hydrogen) atoms. The second-order valence-electron chi connectivity index (χ2n) is 8.69. The number of fused-ring (bicyclic) bond motifs is 1. The van der Waals surface area contributed by atoms with Crippen LogP contribution in [0.2, 0.25) is 0 Å². The second-order valence-corrected chi connectivity index (χ2v) is 9.80. The van der Waals surface area contributed by atoms with E-state index in [0.29, 0.717) is 23.4 Å². The van der Waals surface area contributed by atoms with Gasteiger partial charge in [0.05, 0.1) is 17.4 Å². The summed E-state index contributed by atoms with van der Waals surface area (Å²) in [5, 5.41) is 16.3. The van der Waals surface area contributed by atoms with Gasteiger partial charge in [0.1, 0.15) is 5.00 Å². The topological polar surface area (TPSA) is 95.5 Å². The Hall–Kier alpha value is -1.89. The van der Waals surface area contributed by atoms with E-state index in [1.54, 1.807) is 0 Å². The number of anilines is 1. The monoisotopic (exact) mass is 418 g/mol. The van der Waals surface area contributed by atoms with Crippen molar-refractivity contribution >= 4 is 34.1 Å². The number of amides is 2. The number of carbonyl (C=O) groups is 3. The van der Waals surface area contributed by atoms with Gasteiger partial charge in [-0.05, 0) is 50.5 Å². The van der Waals surface area contributed by atoms with Crippen molar-refractivity contribution in [3.05, 3.63) is 16.0 Å². The predicted octanol–water partition coefficient (Wildman–Crippen LogP) is 4.13. The van der Waals surface area contributed by atoms with Crippen molar-refractivity contribution in [2.45, 2.75) is 83.1 Å². The number of carboxylic acids is 1. The number of aliphatic carboxylic acids is 1. The molecule has 0 bridgehead atoms. The van der Waals surface area contributed by atoms with Gasteiger partial charge in [-0.1, -0.05) is 32.1 Å². The van der Waals surface area contributed by atoms with E-state index in [2.05, 4.69) is 10.6 Å². The van der Waals surface area contributed by atoms with Gasteiger partial charge in [0.25, 0.3) is 5.91 Å². The lowest BCUT2D eigenvalue weighted by Crippen LogP contribution is -2.38. The molecule has 1 aromatic heterocycles. The third kappa shape index (κ3) is 4.34. The van der Waals surface area contributed by atoms with Crippen molar-refractivity contribution in [3.63, 3.8) is 0 Å². The molecular formula is C22H30N2O4S. The van der Waals surface area contributed by atoms with E-state index in [4.69, 9.17) is 0 Å². The van der Waals surface area contributed by atoms with Crippen LogP contribution >= 0.6 is 11.3 Å². The molecule has 158 valence electrons. The van der Waals surface area contributed by atoms with Gasteiger partial charge < -0.3 is 15.7 Å². The Morgan fingerprint density at radius 3 is 2.28 bits per heavy atom. The fraction of sp³-hybridized carbons (Fsp3) is 0.682. The molecule has 0 saturated heterocycles. The third-order valence-corrected chi connectivity index (χ3v) is 7.95. The van der Waals surface area contributed by atoms with Crippen molar-refractivity contribution in [1.29, 1.82) is 0 Å². The number of thiophene rings is 1. The van der Waals surface area contributed by atoms with E-state index in [-0.39, 0.29) is 17.9 Å². The summed E-state index contributed by atoms with van der Waals surface area (Å²) in [6, 6.07) is 0.214. The smallest absolute Gasteiger partial charge is 0.307 e. The van der Waals surface area contributed by atoms with Gasteiger partial charge >= 0.3 is 5.97 Å². The lowest BCUT2D eigenvalue weighted by molar-refractivity contribution is -0.147. The summed E-state index contributed by atoms with van der Waals surface area (Å²) in [7, 11) is 0. The van der Waals surface area contributed by atoms with E-state index in [0.717, 1.165) is 63.4 Å². The zero-order valence-corrected chi connectivity index (χ0v) is 17.6. The number of aryl methyl sites for hydroxylation is 1. The predicted molar refractivity (Wildman–Crippen MR) is 112 cm³/mol. The van der Waals surface area contributed by atoms with Crippen LogP contribution in [-0.4, -0.2) is 28.9 Å². The summed E-state index contributed by atoms with van der Waals surface area (Å²) >= 11 is 1.50. The van der Waals surface area contributed by atoms with E-state index in [9.17, 15) is 19.5 Å². The molecular weight excluding hydrogens is 388 g/mol. The van der Waals surface area contributed by atoms with Gasteiger partial charge in [-0.2, -0.15) is 0 Å². The van der Waals surface area contributed by atoms with Crippen molar-refractivity contribution in [1.82, 2.24) is 5.32 Å². The zero-order valence-electron chi connectivity index (χ0n) is 16.8. The molecule has 3 N–H and O–H groups in total. The van der Waals surface area contributed by atoms with Gasteiger partial charge in [-0.15, -0.1) is 11.3 Å². The normalized spacial score (nSPS) is 24.7. The van der Waals surface area contributed by atoms with Crippen LogP contribution < -0.4 is 10.6 Å². The van der Waals surface area contributed by atoms with Crippen LogP contribution in [0.5, 0.6) is 0 Å². The first kappa shape index (κ1) is 20.4. The van der Waals surface area contributed by atoms with E-state index < -0.39 is 17.8 Å². The summed E-state index contributed by atoms with van der Waals surface area (Å²) < 4.78 is 0. The summed E-state index contributed by atoms with van der Waals surface area (Å²) in [5.74, 6) is -2.37. The van der Waals surface area contributed by atoms with Gasteiger partial charge in [0.2, 0.25) is 5.91 Å². The van der Waals surface area contributed by atoms with Crippen molar-refractivity contribution in [2.24, 2.45) is 11.8 Å². The number of hydrogen-bond donors (Lipinski definition) is 3. The molecule has 3 aliphatic carbocycles. The van der Waals surface area contributed by atoms with Crippen LogP contribution in [0.15, 0.2) is 0 Å². The van der Waals surface area contributed by atoms with Gasteiger partial charge in [-0.3, -0.25) is 14.4 Å². The lowest BCUT2D eigenvalue weighted by atomic mass is 9.79. The van der Waals surface area contributed by atoms with Gasteiger partial charge in [0.15, 0.2) is 0 Å². The minimum absolute atomic E-state index is 0.0787. The Morgan fingerprint density at radius 2 is 1.55 bits per heavy atom. The van der Waals surface area contributed by atoms with Crippen LogP contribution in [0.25, 0.3) is 0 Å². The number of rotatable bonds is 5. The molecule has 2 atom stereocenters. The Bertz CT molecular complexity index is 797. The first-order valence-corrected chi connectivity index (χ1v) is 11.9. The Kier molecular flexibility index (Phi) is 6.23. The lowest BCUT2D eigenvalue weighted by Gasteiger charge is -2.27. The van der Waals surface area contributed by atoms with Crippen LogP contribution in [0.1, 0.15) is 85.0 Å². The minimum atomic E-state index is -0.895. The minimum Gasteiger partial charge on any atom is -0.481 e. The van der Waals surface area contributed by atoms with Gasteiger partial charge in [-0.25, -0.2) is 0 Å². The Labute approximate surface area is 175 Å². The fourth-order valence-electron chi connectivity index (χ4n) is 5.18. The van der Waals surface area contributed by atoms with Crippen LogP contribution in [0.4, 0.5) is 5.00 Å². The first-order valence-electron chi connectivity index (χ1n) is 11.0. The maximum Gasteiger partial charge on any atom is 0.307 e. The highest BCUT2D eigenvalue weighted by molar-refractivity contribution is 7.17. The molecule has 2 amide bonds. The van der Waals surface area contributed by atoms with E-state index in [1.807, 2.05) is 0 Å². The first-order chi connectivity index (χ1) is 14.0. The average molecular weight is 419 g/mol. The summed E-state index contributed by atoms with van der Waals surface area (Å²) in [4.78, 5) is 38.9. The second kappa shape index (κ2) is 8.86. The van der Waals surface area contributed by atoms with E-state index in [1.165, 1.54) is 22.6 Å². The maximum absolute atomic E-state index is 13.1. The third-order valence-electron chi connectivity index (χ3n) is 6.75. The SMILES string of the molecule is O=C(NC1CCCCC1)c1c(NC(=O)C2CCCCC2C(=O)O)sc2c1CCC2. The van der Waals surface area contributed by atoms with Crippen LogP contribution in [0.3, 0.4) is 0 Å². The summed E-state index contributed by atoms with van der Waals surface area (Å²) in [6.07, 6.45) is 11.3. The molecule has 6 nitrogen and oxygen atoms in total. The van der Waals surface area contributed by atoms with Crippen molar-refractivity contribution < 1.29 is 19.5 Å². The van der Waals surface area contributed by atoms with Crippen LogP contribution in [0, 0.1) is 11.8 Å². The number of carbonyl (C=O) groups excluding carboxylic acids is 2. The maximum atomic E-state index is 13.1. The summed E-state index contributed by atoms with van der Waals surface area (Å²) in [5.41, 5.74) is 1.71. The number of nitrogens with one attached hydrogen (secondary N) is 2. The molecule has 2 unspecified atom stereocenters. The Balaban J connectivity index is 1.53. The largest absolute Gasteiger partial charge is 0.481 e. The highest BCUT2D eigenvalue weighted by Crippen LogP contribution is 2.40. The molecule has 0 radical (unpaired) electrons. The van der Waals surface area contributed by atoms with E-state index >= 15 is 0 Å². The molecule has 4 rings (SSSR count). The molecule has 0 aromatic carbocycles. The number of hydrogen-bond acceptors (Lipinski definition) is 4. The molecule has 1 aromatic rings. The van der Waals surface area contributed by atoms with Crippen LogP contribution in [-0.2, 0) is 22.4 Å². The standard InChI is InChI=1S/C22H30N2O4S/c25-19(14-9-4-5-10-15(14)22(27)28)24-21-18(16-11-6-12-17(16)29-21)20(26)23-13-7-2-1-3-8-13/h13-15H,1-12H2,(H,23,26)(H,24,25)(H,27,28). The summed E-state index contributed by atoms with van der Waals surface area (Å²) in [6.45, 7) is 0. The number of carboxylic acid groups (broad SMARTS) is 1. The van der Waals surface area contributed by atoms with Crippen molar-refractivity contribution in [2.75, 3.05) is 5.32 Å². The highest BCUT2D eigenvalue weighted by Gasteiger charge is 2.37. The highest BCUT2D eigenvalue weighted by atomic mass is 32.1.